The van der Waals surface area contributed by atoms with Gasteiger partial charge < -0.3 is 15.0 Å². The number of amides is 2. The third-order valence-electron chi connectivity index (χ3n) is 4.66. The van der Waals surface area contributed by atoms with Crippen molar-refractivity contribution < 1.29 is 37.2 Å². The standard InChI is InChI=1S/C20H16F3N3O6/c21-20(22,23)15-6-1-2-7-16(15)24-17(27)11-32-19(29)12-8-18(28)25(10-12)13-4-3-5-14(9-13)26(30)31/h1-7,9,12H,8,10-11H2,(H,24,27)/t12-/m1/s1. The van der Waals surface area contributed by atoms with Gasteiger partial charge >= 0.3 is 12.1 Å². The van der Waals surface area contributed by atoms with Gasteiger partial charge in [0.2, 0.25) is 5.91 Å². The fourth-order valence-electron chi connectivity index (χ4n) is 3.17. The summed E-state index contributed by atoms with van der Waals surface area (Å²) in [6.45, 7) is -0.954. The van der Waals surface area contributed by atoms with Crippen LogP contribution in [0.3, 0.4) is 0 Å². The fraction of sp³-hybridized carbons (Fsp3) is 0.250. The van der Waals surface area contributed by atoms with Gasteiger partial charge in [-0.05, 0) is 18.2 Å². The van der Waals surface area contributed by atoms with Crippen LogP contribution in [0.2, 0.25) is 0 Å². The summed E-state index contributed by atoms with van der Waals surface area (Å²) in [5.74, 6) is -3.26. The Morgan fingerprint density at radius 2 is 1.91 bits per heavy atom. The molecular formula is C20H16F3N3O6. The number of nitro groups is 1. The first-order valence-electron chi connectivity index (χ1n) is 9.24. The Kier molecular flexibility index (Phi) is 6.42. The predicted octanol–water partition coefficient (Wildman–Crippen LogP) is 3.15. The lowest BCUT2D eigenvalue weighted by molar-refractivity contribution is -0.384. The molecule has 9 nitrogen and oxygen atoms in total. The third-order valence-corrected chi connectivity index (χ3v) is 4.66. The zero-order valence-corrected chi connectivity index (χ0v) is 16.3. The summed E-state index contributed by atoms with van der Waals surface area (Å²) >= 11 is 0. The van der Waals surface area contributed by atoms with Crippen LogP contribution in [-0.2, 0) is 25.3 Å². The molecule has 0 saturated carbocycles. The number of rotatable bonds is 6. The number of ether oxygens (including phenoxy) is 1. The molecule has 0 unspecified atom stereocenters. The second kappa shape index (κ2) is 9.04. The largest absolute Gasteiger partial charge is 0.455 e. The Bertz CT molecular complexity index is 1070. The third kappa shape index (κ3) is 5.20. The van der Waals surface area contributed by atoms with Crippen LogP contribution in [0.1, 0.15) is 12.0 Å². The molecule has 32 heavy (non-hydrogen) atoms. The molecule has 1 heterocycles. The van der Waals surface area contributed by atoms with Gasteiger partial charge in [-0.15, -0.1) is 0 Å². The molecule has 1 N–H and O–H groups in total. The minimum atomic E-state index is -4.68. The van der Waals surface area contributed by atoms with Crippen molar-refractivity contribution in [1.29, 1.82) is 0 Å². The summed E-state index contributed by atoms with van der Waals surface area (Å²) in [5.41, 5.74) is -1.51. The number of non-ortho nitro benzene ring substituents is 1. The van der Waals surface area contributed by atoms with Gasteiger partial charge in [-0.3, -0.25) is 24.5 Å². The van der Waals surface area contributed by atoms with E-state index in [1.165, 1.54) is 41.3 Å². The molecule has 168 valence electrons. The molecule has 2 aromatic rings. The van der Waals surface area contributed by atoms with Crippen molar-refractivity contribution in [3.8, 4) is 0 Å². The van der Waals surface area contributed by atoms with E-state index in [0.717, 1.165) is 12.1 Å². The van der Waals surface area contributed by atoms with Gasteiger partial charge in [0.05, 0.1) is 27.8 Å². The number of carbonyl (C=O) groups excluding carboxylic acids is 3. The van der Waals surface area contributed by atoms with Crippen LogP contribution in [0.25, 0.3) is 0 Å². The van der Waals surface area contributed by atoms with Crippen LogP contribution in [0.15, 0.2) is 48.5 Å². The highest BCUT2D eigenvalue weighted by atomic mass is 19.4. The van der Waals surface area contributed by atoms with Crippen molar-refractivity contribution in [1.82, 2.24) is 0 Å². The molecule has 0 radical (unpaired) electrons. The molecule has 1 aliphatic rings. The number of hydrogen-bond acceptors (Lipinski definition) is 6. The highest BCUT2D eigenvalue weighted by molar-refractivity contribution is 6.00. The van der Waals surface area contributed by atoms with E-state index in [0.29, 0.717) is 0 Å². The quantitative estimate of drug-likeness (QED) is 0.410. The lowest BCUT2D eigenvalue weighted by Gasteiger charge is -2.16. The van der Waals surface area contributed by atoms with E-state index in [1.807, 2.05) is 5.32 Å². The Hall–Kier alpha value is -3.96. The molecule has 0 aliphatic carbocycles. The second-order valence-corrected chi connectivity index (χ2v) is 6.88. The summed E-state index contributed by atoms with van der Waals surface area (Å²) in [5, 5.41) is 13.0. The van der Waals surface area contributed by atoms with Gasteiger partial charge in [0.15, 0.2) is 6.61 Å². The van der Waals surface area contributed by atoms with Gasteiger partial charge in [-0.25, -0.2) is 0 Å². The SMILES string of the molecule is O=C(COC(=O)[C@@H]1CC(=O)N(c2cccc([N+](=O)[O-])c2)C1)Nc1ccccc1C(F)(F)F. The normalized spacial score (nSPS) is 16.0. The van der Waals surface area contributed by atoms with Gasteiger partial charge in [-0.1, -0.05) is 18.2 Å². The van der Waals surface area contributed by atoms with Crippen LogP contribution in [-0.4, -0.2) is 35.9 Å². The van der Waals surface area contributed by atoms with E-state index in [4.69, 9.17) is 4.74 Å². The number of esters is 1. The number of nitrogens with one attached hydrogen (secondary N) is 1. The average molecular weight is 451 g/mol. The van der Waals surface area contributed by atoms with E-state index in [-0.39, 0.29) is 24.3 Å². The number of alkyl halides is 3. The van der Waals surface area contributed by atoms with Gasteiger partial charge in [0.25, 0.3) is 11.6 Å². The Morgan fingerprint density at radius 1 is 1.19 bits per heavy atom. The summed E-state index contributed by atoms with van der Waals surface area (Å²) < 4.78 is 43.8. The highest BCUT2D eigenvalue weighted by Gasteiger charge is 2.37. The first-order valence-corrected chi connectivity index (χ1v) is 9.24. The molecule has 2 aromatic carbocycles. The number of nitrogens with zero attached hydrogens (tertiary/aromatic N) is 2. The number of nitro benzene ring substituents is 1. The molecule has 1 saturated heterocycles. The number of benzene rings is 2. The Labute approximate surface area is 178 Å². The first kappa shape index (κ1) is 22.7. The minimum absolute atomic E-state index is 0.114. The van der Waals surface area contributed by atoms with E-state index in [1.54, 1.807) is 0 Å². The van der Waals surface area contributed by atoms with Crippen molar-refractivity contribution >= 4 is 34.8 Å². The summed E-state index contributed by atoms with van der Waals surface area (Å²) in [7, 11) is 0. The van der Waals surface area contributed by atoms with Crippen molar-refractivity contribution in [2.24, 2.45) is 5.92 Å². The molecule has 1 aliphatic heterocycles. The predicted molar refractivity (Wildman–Crippen MR) is 105 cm³/mol. The molecule has 2 amide bonds. The van der Waals surface area contributed by atoms with Crippen molar-refractivity contribution in [2.45, 2.75) is 12.6 Å². The molecule has 0 bridgehead atoms. The van der Waals surface area contributed by atoms with E-state index in [2.05, 4.69) is 0 Å². The Morgan fingerprint density at radius 3 is 2.59 bits per heavy atom. The molecule has 0 aromatic heterocycles. The van der Waals surface area contributed by atoms with Crippen LogP contribution < -0.4 is 10.2 Å². The number of halogens is 3. The second-order valence-electron chi connectivity index (χ2n) is 6.88. The highest BCUT2D eigenvalue weighted by Crippen LogP contribution is 2.34. The van der Waals surface area contributed by atoms with E-state index < -0.39 is 52.7 Å². The Balaban J connectivity index is 1.58. The molecule has 1 fully saturated rings. The lowest BCUT2D eigenvalue weighted by Crippen LogP contribution is -2.28. The van der Waals surface area contributed by atoms with Crippen molar-refractivity contribution in [3.63, 3.8) is 0 Å². The van der Waals surface area contributed by atoms with Crippen LogP contribution in [0, 0.1) is 16.0 Å². The zero-order chi connectivity index (χ0) is 23.5. The van der Waals surface area contributed by atoms with Crippen molar-refractivity contribution in [2.75, 3.05) is 23.4 Å². The van der Waals surface area contributed by atoms with Crippen LogP contribution in [0.4, 0.5) is 30.2 Å². The number of para-hydroxylation sites is 1. The fourth-order valence-corrected chi connectivity index (χ4v) is 3.17. The lowest BCUT2D eigenvalue weighted by atomic mass is 10.1. The summed E-state index contributed by atoms with van der Waals surface area (Å²) in [6.07, 6.45) is -4.92. The minimum Gasteiger partial charge on any atom is -0.455 e. The number of anilines is 2. The van der Waals surface area contributed by atoms with E-state index in [9.17, 15) is 37.7 Å². The van der Waals surface area contributed by atoms with Gasteiger partial charge in [0, 0.05) is 25.1 Å². The molecule has 0 spiro atoms. The maximum absolute atomic E-state index is 13.0. The van der Waals surface area contributed by atoms with Gasteiger partial charge in [-0.2, -0.15) is 13.2 Å². The van der Waals surface area contributed by atoms with Crippen molar-refractivity contribution in [3.05, 3.63) is 64.2 Å². The van der Waals surface area contributed by atoms with E-state index >= 15 is 0 Å². The summed E-state index contributed by atoms with van der Waals surface area (Å²) in [6, 6.07) is 9.66. The first-order chi connectivity index (χ1) is 15.1. The average Bonchev–Trinajstić information content (AvgIpc) is 3.13. The molecular weight excluding hydrogens is 435 g/mol. The van der Waals surface area contributed by atoms with Crippen LogP contribution in [0.5, 0.6) is 0 Å². The topological polar surface area (TPSA) is 119 Å². The summed E-state index contributed by atoms with van der Waals surface area (Å²) in [4.78, 5) is 47.9. The molecule has 1 atom stereocenters. The maximum Gasteiger partial charge on any atom is 0.418 e. The molecule has 12 heteroatoms. The van der Waals surface area contributed by atoms with Crippen LogP contribution >= 0.6 is 0 Å². The monoisotopic (exact) mass is 451 g/mol. The van der Waals surface area contributed by atoms with Gasteiger partial charge in [0.1, 0.15) is 0 Å². The smallest absolute Gasteiger partial charge is 0.418 e. The zero-order valence-electron chi connectivity index (χ0n) is 16.3. The maximum atomic E-state index is 13.0. The number of carbonyl (C=O) groups is 3. The molecule has 3 rings (SSSR count). The number of hydrogen-bond donors (Lipinski definition) is 1.